The van der Waals surface area contributed by atoms with E-state index in [2.05, 4.69) is 25.1 Å². The molecule has 1 unspecified atom stereocenters. The number of carboxylic acids is 1. The topological polar surface area (TPSA) is 109 Å². The first-order valence-electron chi connectivity index (χ1n) is 5.88. The normalized spacial score (nSPS) is 13.1. The Morgan fingerprint density at radius 1 is 1.47 bits per heavy atom. The number of aromatic nitrogens is 6. The molecule has 0 amide bonds. The molecule has 8 heteroatoms. The lowest BCUT2D eigenvalue weighted by Crippen LogP contribution is -2.09. The molecule has 0 aliphatic rings. The number of aliphatic carboxylic acids is 1. The van der Waals surface area contributed by atoms with Gasteiger partial charge in [0.15, 0.2) is 11.3 Å². The van der Waals surface area contributed by atoms with Crippen LogP contribution in [0.3, 0.4) is 0 Å². The number of fused-ring (bicyclic) bond motifs is 3. The Balaban J connectivity index is 1.98. The molecule has 0 aromatic carbocycles. The highest BCUT2D eigenvalue weighted by atomic mass is 16.4. The summed E-state index contributed by atoms with van der Waals surface area (Å²) in [7, 11) is 0. The second-order valence-electron chi connectivity index (χ2n) is 4.56. The summed E-state index contributed by atoms with van der Waals surface area (Å²) in [5.41, 5.74) is 1.97. The van der Waals surface area contributed by atoms with Crippen molar-refractivity contribution in [2.75, 3.05) is 0 Å². The van der Waals surface area contributed by atoms with Gasteiger partial charge in [-0.2, -0.15) is 0 Å². The molecule has 3 aromatic heterocycles. The average molecular weight is 260 g/mol. The maximum atomic E-state index is 10.7. The Labute approximate surface area is 107 Å². The van der Waals surface area contributed by atoms with Crippen LogP contribution in [0.25, 0.3) is 16.8 Å². The summed E-state index contributed by atoms with van der Waals surface area (Å²) in [5.74, 6) is -0.120. The second-order valence-corrected chi connectivity index (χ2v) is 4.56. The van der Waals surface area contributed by atoms with Crippen molar-refractivity contribution >= 4 is 22.8 Å². The van der Waals surface area contributed by atoms with Gasteiger partial charge in [-0.05, 0) is 5.92 Å². The third-order valence-corrected chi connectivity index (χ3v) is 2.96. The average Bonchev–Trinajstić information content (AvgIpc) is 2.93. The van der Waals surface area contributed by atoms with Crippen molar-refractivity contribution in [1.29, 1.82) is 0 Å². The van der Waals surface area contributed by atoms with Crippen LogP contribution in [0.5, 0.6) is 0 Å². The van der Waals surface area contributed by atoms with E-state index in [1.54, 1.807) is 17.1 Å². The van der Waals surface area contributed by atoms with Crippen molar-refractivity contribution in [2.45, 2.75) is 19.8 Å². The van der Waals surface area contributed by atoms with Crippen LogP contribution < -0.4 is 0 Å². The predicted octanol–water partition coefficient (Wildman–Crippen LogP) is 0.654. The number of hydrogen-bond acceptors (Lipinski definition) is 5. The van der Waals surface area contributed by atoms with Crippen LogP contribution in [0.15, 0.2) is 12.7 Å². The molecule has 0 radical (unpaired) electrons. The largest absolute Gasteiger partial charge is 0.481 e. The zero-order valence-corrected chi connectivity index (χ0v) is 10.2. The number of aromatic amines is 1. The minimum absolute atomic E-state index is 0.0117. The Morgan fingerprint density at radius 2 is 2.32 bits per heavy atom. The van der Waals surface area contributed by atoms with Gasteiger partial charge in [0.1, 0.15) is 17.7 Å². The SMILES string of the molecule is CC(CC(=O)O)Cc1nnc2c3[nH]cnc3ncn12. The van der Waals surface area contributed by atoms with E-state index >= 15 is 0 Å². The lowest BCUT2D eigenvalue weighted by Gasteiger charge is -2.06. The number of carboxylic acid groups (broad SMARTS) is 1. The van der Waals surface area contributed by atoms with Crippen molar-refractivity contribution in [3.63, 3.8) is 0 Å². The Bertz CT molecular complexity index is 746. The molecule has 3 aromatic rings. The number of nitrogens with zero attached hydrogens (tertiary/aromatic N) is 5. The summed E-state index contributed by atoms with van der Waals surface area (Å²) in [6, 6.07) is 0. The minimum Gasteiger partial charge on any atom is -0.481 e. The van der Waals surface area contributed by atoms with E-state index in [-0.39, 0.29) is 12.3 Å². The minimum atomic E-state index is -0.810. The van der Waals surface area contributed by atoms with E-state index in [9.17, 15) is 4.79 Å². The molecule has 0 saturated carbocycles. The molecule has 0 spiro atoms. The first-order chi connectivity index (χ1) is 9.15. The fourth-order valence-electron chi connectivity index (χ4n) is 2.10. The Hall–Kier alpha value is -2.51. The van der Waals surface area contributed by atoms with E-state index < -0.39 is 5.97 Å². The molecule has 1 atom stereocenters. The molecule has 8 nitrogen and oxygen atoms in total. The number of nitrogens with one attached hydrogen (secondary N) is 1. The van der Waals surface area contributed by atoms with Gasteiger partial charge in [-0.15, -0.1) is 10.2 Å². The lowest BCUT2D eigenvalue weighted by atomic mass is 10.0. The monoisotopic (exact) mass is 260 g/mol. The lowest BCUT2D eigenvalue weighted by molar-refractivity contribution is -0.137. The van der Waals surface area contributed by atoms with Crippen molar-refractivity contribution in [2.24, 2.45) is 5.92 Å². The zero-order chi connectivity index (χ0) is 13.4. The summed E-state index contributed by atoms with van der Waals surface area (Å²) in [4.78, 5) is 21.9. The second kappa shape index (κ2) is 4.30. The van der Waals surface area contributed by atoms with Gasteiger partial charge < -0.3 is 10.1 Å². The molecule has 3 heterocycles. The summed E-state index contributed by atoms with van der Waals surface area (Å²) in [6.07, 6.45) is 3.81. The smallest absolute Gasteiger partial charge is 0.303 e. The summed E-state index contributed by atoms with van der Waals surface area (Å²) in [6.45, 7) is 1.87. The van der Waals surface area contributed by atoms with Crippen LogP contribution in [0.2, 0.25) is 0 Å². The molecule has 0 fully saturated rings. The Morgan fingerprint density at radius 3 is 3.11 bits per heavy atom. The highest BCUT2D eigenvalue weighted by Crippen LogP contribution is 2.16. The molecule has 98 valence electrons. The molecule has 19 heavy (non-hydrogen) atoms. The maximum absolute atomic E-state index is 10.7. The van der Waals surface area contributed by atoms with Gasteiger partial charge in [-0.3, -0.25) is 9.20 Å². The first-order valence-corrected chi connectivity index (χ1v) is 5.88. The fraction of sp³-hybridized carbons (Fsp3) is 0.364. The van der Waals surface area contributed by atoms with Crippen LogP contribution in [0, 0.1) is 5.92 Å². The van der Waals surface area contributed by atoms with E-state index in [0.717, 1.165) is 5.52 Å². The molecule has 0 saturated heterocycles. The number of hydrogen-bond donors (Lipinski definition) is 2. The fourth-order valence-corrected chi connectivity index (χ4v) is 2.10. The van der Waals surface area contributed by atoms with Crippen molar-refractivity contribution in [1.82, 2.24) is 29.5 Å². The van der Waals surface area contributed by atoms with Gasteiger partial charge in [0.05, 0.1) is 6.33 Å². The molecule has 0 aliphatic heterocycles. The van der Waals surface area contributed by atoms with Gasteiger partial charge in [0.25, 0.3) is 0 Å². The highest BCUT2D eigenvalue weighted by molar-refractivity contribution is 5.84. The number of rotatable bonds is 4. The predicted molar refractivity (Wildman–Crippen MR) is 65.6 cm³/mol. The Kier molecular flexibility index (Phi) is 2.62. The molecular formula is C11H12N6O2. The summed E-state index contributed by atoms with van der Waals surface area (Å²) in [5, 5.41) is 17.0. The number of imidazole rings is 1. The zero-order valence-electron chi connectivity index (χ0n) is 10.2. The van der Waals surface area contributed by atoms with E-state index in [1.165, 1.54) is 0 Å². The van der Waals surface area contributed by atoms with Gasteiger partial charge in [0, 0.05) is 12.8 Å². The molecule has 3 rings (SSSR count). The van der Waals surface area contributed by atoms with Crippen LogP contribution >= 0.6 is 0 Å². The van der Waals surface area contributed by atoms with E-state index in [0.29, 0.717) is 23.5 Å². The van der Waals surface area contributed by atoms with Crippen LogP contribution in [0.4, 0.5) is 0 Å². The molecular weight excluding hydrogens is 248 g/mol. The summed E-state index contributed by atoms with van der Waals surface area (Å²) < 4.78 is 1.76. The van der Waals surface area contributed by atoms with Crippen LogP contribution in [-0.2, 0) is 11.2 Å². The standard InChI is InChI=1S/C11H12N6O2/c1-6(3-8(18)19)2-7-15-16-11-9-10(13-4-12-9)14-5-17(7)11/h4-6H,2-3H2,1H3,(H,12,13)(H,18,19). The van der Waals surface area contributed by atoms with Gasteiger partial charge >= 0.3 is 5.97 Å². The van der Waals surface area contributed by atoms with Crippen molar-refractivity contribution < 1.29 is 9.90 Å². The molecule has 0 bridgehead atoms. The highest BCUT2D eigenvalue weighted by Gasteiger charge is 2.15. The van der Waals surface area contributed by atoms with Crippen molar-refractivity contribution in [3.05, 3.63) is 18.5 Å². The van der Waals surface area contributed by atoms with E-state index in [1.807, 2.05) is 6.92 Å². The van der Waals surface area contributed by atoms with Crippen molar-refractivity contribution in [3.8, 4) is 0 Å². The van der Waals surface area contributed by atoms with Gasteiger partial charge in [-0.1, -0.05) is 6.92 Å². The third kappa shape index (κ3) is 2.01. The van der Waals surface area contributed by atoms with Gasteiger partial charge in [0.2, 0.25) is 0 Å². The maximum Gasteiger partial charge on any atom is 0.303 e. The number of H-pyrrole nitrogens is 1. The molecule has 2 N–H and O–H groups in total. The first kappa shape index (κ1) is 11.6. The number of carbonyl (C=O) groups is 1. The molecule has 0 aliphatic carbocycles. The van der Waals surface area contributed by atoms with Crippen LogP contribution in [0.1, 0.15) is 19.2 Å². The van der Waals surface area contributed by atoms with E-state index in [4.69, 9.17) is 5.11 Å². The van der Waals surface area contributed by atoms with Crippen LogP contribution in [-0.4, -0.2) is 40.6 Å². The summed E-state index contributed by atoms with van der Waals surface area (Å²) >= 11 is 0. The quantitative estimate of drug-likeness (QED) is 0.713. The van der Waals surface area contributed by atoms with Gasteiger partial charge in [-0.25, -0.2) is 9.97 Å². The third-order valence-electron chi connectivity index (χ3n) is 2.96.